The molecular weight excluding hydrogens is 463 g/mol. The van der Waals surface area contributed by atoms with Gasteiger partial charge in [0.2, 0.25) is 5.91 Å². The average Bonchev–Trinajstić information content (AvgIpc) is 2.86. The van der Waals surface area contributed by atoms with Gasteiger partial charge in [-0.3, -0.25) is 9.10 Å². The van der Waals surface area contributed by atoms with E-state index in [1.165, 1.54) is 43.5 Å². The van der Waals surface area contributed by atoms with Crippen LogP contribution in [0.1, 0.15) is 0 Å². The van der Waals surface area contributed by atoms with Crippen LogP contribution in [0.2, 0.25) is 0 Å². The Hall–Kier alpha value is -3.79. The zero-order valence-electron chi connectivity index (χ0n) is 18.7. The third-order valence-corrected chi connectivity index (χ3v) is 6.59. The fourth-order valence-corrected chi connectivity index (χ4v) is 4.44. The summed E-state index contributed by atoms with van der Waals surface area (Å²) in [5.74, 6) is 0.719. The fourth-order valence-electron chi connectivity index (χ4n) is 3.01. The van der Waals surface area contributed by atoms with E-state index in [0.717, 1.165) is 16.4 Å². The number of methoxy groups -OCH3 is 2. The van der Waals surface area contributed by atoms with Crippen LogP contribution in [0.4, 0.5) is 10.1 Å². The molecule has 0 bridgehead atoms. The number of sulfonamides is 1. The van der Waals surface area contributed by atoms with Crippen molar-refractivity contribution >= 4 is 21.6 Å². The minimum absolute atomic E-state index is 0.0340. The van der Waals surface area contributed by atoms with Crippen LogP contribution in [-0.2, 0) is 14.8 Å². The molecule has 8 nitrogen and oxygen atoms in total. The first-order valence-corrected chi connectivity index (χ1v) is 11.7. The molecule has 10 heteroatoms. The molecule has 0 saturated carbocycles. The number of benzene rings is 3. The van der Waals surface area contributed by atoms with Crippen LogP contribution in [0.15, 0.2) is 77.7 Å². The summed E-state index contributed by atoms with van der Waals surface area (Å²) in [6, 6.07) is 17.6. The molecule has 180 valence electrons. The zero-order valence-corrected chi connectivity index (χ0v) is 19.5. The Morgan fingerprint density at radius 3 is 1.94 bits per heavy atom. The van der Waals surface area contributed by atoms with Crippen LogP contribution < -0.4 is 23.8 Å². The molecule has 0 aliphatic rings. The Morgan fingerprint density at radius 1 is 0.853 bits per heavy atom. The Labute approximate surface area is 197 Å². The molecule has 0 heterocycles. The van der Waals surface area contributed by atoms with E-state index in [2.05, 4.69) is 5.32 Å². The summed E-state index contributed by atoms with van der Waals surface area (Å²) in [5.41, 5.74) is 0.154. The smallest absolute Gasteiger partial charge is 0.264 e. The van der Waals surface area contributed by atoms with Gasteiger partial charge < -0.3 is 19.5 Å². The van der Waals surface area contributed by atoms with Gasteiger partial charge in [0.15, 0.2) is 0 Å². The largest absolute Gasteiger partial charge is 0.497 e. The normalized spacial score (nSPS) is 10.9. The van der Waals surface area contributed by atoms with Crippen LogP contribution in [-0.4, -0.2) is 48.2 Å². The number of rotatable bonds is 11. The predicted octanol–water partition coefficient (Wildman–Crippen LogP) is 3.23. The molecule has 3 aromatic rings. The van der Waals surface area contributed by atoms with Gasteiger partial charge in [0, 0.05) is 0 Å². The Balaban J connectivity index is 1.68. The lowest BCUT2D eigenvalue weighted by Crippen LogP contribution is -2.41. The van der Waals surface area contributed by atoms with Gasteiger partial charge in [-0.15, -0.1) is 0 Å². The Kier molecular flexibility index (Phi) is 8.31. The minimum Gasteiger partial charge on any atom is -0.497 e. The van der Waals surface area contributed by atoms with Crippen LogP contribution in [0.3, 0.4) is 0 Å². The molecule has 0 unspecified atom stereocenters. The number of halogens is 1. The van der Waals surface area contributed by atoms with Crippen LogP contribution in [0.5, 0.6) is 17.2 Å². The highest BCUT2D eigenvalue weighted by atomic mass is 32.2. The van der Waals surface area contributed by atoms with Gasteiger partial charge >= 0.3 is 0 Å². The summed E-state index contributed by atoms with van der Waals surface area (Å²) >= 11 is 0. The van der Waals surface area contributed by atoms with E-state index in [9.17, 15) is 17.6 Å². The lowest BCUT2D eigenvalue weighted by molar-refractivity contribution is -0.119. The van der Waals surface area contributed by atoms with Gasteiger partial charge in [0.25, 0.3) is 10.0 Å². The molecule has 0 fully saturated rings. The second kappa shape index (κ2) is 11.4. The molecule has 0 radical (unpaired) electrons. The number of hydrogen-bond donors (Lipinski definition) is 1. The van der Waals surface area contributed by atoms with Gasteiger partial charge in [-0.05, 0) is 72.8 Å². The highest BCUT2D eigenvalue weighted by Gasteiger charge is 2.27. The van der Waals surface area contributed by atoms with E-state index in [0.29, 0.717) is 17.2 Å². The monoisotopic (exact) mass is 488 g/mol. The number of carbonyl (C=O) groups excluding carboxylic acids is 1. The highest BCUT2D eigenvalue weighted by Crippen LogP contribution is 2.25. The molecule has 3 aromatic carbocycles. The van der Waals surface area contributed by atoms with Gasteiger partial charge in [0.1, 0.15) is 36.2 Å². The van der Waals surface area contributed by atoms with E-state index in [1.54, 1.807) is 31.4 Å². The van der Waals surface area contributed by atoms with Crippen LogP contribution >= 0.6 is 0 Å². The lowest BCUT2D eigenvalue weighted by Gasteiger charge is -2.24. The molecule has 0 atom stereocenters. The third-order valence-electron chi connectivity index (χ3n) is 4.80. The van der Waals surface area contributed by atoms with Crippen molar-refractivity contribution in [2.24, 2.45) is 0 Å². The number of nitrogens with zero attached hydrogens (tertiary/aromatic N) is 1. The topological polar surface area (TPSA) is 94.2 Å². The van der Waals surface area contributed by atoms with E-state index in [-0.39, 0.29) is 23.7 Å². The molecular formula is C24H25FN2O6S. The molecule has 1 N–H and O–H groups in total. The Bertz CT molecular complexity index is 1180. The standard InChI is InChI=1S/C24H25FN2O6S/c1-31-20-7-9-22(10-8-20)33-16-15-26-24(28)17-27(19-5-3-18(25)4-6-19)34(29,30)23-13-11-21(32-2)12-14-23/h3-14H,15-17H2,1-2H3,(H,26,28). The zero-order chi connectivity index (χ0) is 24.6. The van der Waals surface area contributed by atoms with E-state index < -0.39 is 28.3 Å². The fraction of sp³-hybridized carbons (Fsp3) is 0.208. The maximum atomic E-state index is 13.4. The number of hydrogen-bond acceptors (Lipinski definition) is 6. The summed E-state index contributed by atoms with van der Waals surface area (Å²) in [6.07, 6.45) is 0. The van der Waals surface area contributed by atoms with Crippen molar-refractivity contribution in [3.05, 3.63) is 78.6 Å². The second-order valence-corrected chi connectivity index (χ2v) is 8.90. The van der Waals surface area contributed by atoms with Crippen LogP contribution in [0, 0.1) is 5.82 Å². The first kappa shape index (κ1) is 24.8. The van der Waals surface area contributed by atoms with Gasteiger partial charge in [-0.25, -0.2) is 12.8 Å². The number of amides is 1. The van der Waals surface area contributed by atoms with Crippen molar-refractivity contribution in [3.63, 3.8) is 0 Å². The predicted molar refractivity (Wildman–Crippen MR) is 125 cm³/mol. The maximum Gasteiger partial charge on any atom is 0.264 e. The first-order chi connectivity index (χ1) is 16.3. The van der Waals surface area contributed by atoms with Crippen molar-refractivity contribution in [1.82, 2.24) is 5.32 Å². The van der Waals surface area contributed by atoms with E-state index >= 15 is 0 Å². The summed E-state index contributed by atoms with van der Waals surface area (Å²) in [5, 5.41) is 2.64. The molecule has 1 amide bonds. The Morgan fingerprint density at radius 2 is 1.38 bits per heavy atom. The average molecular weight is 489 g/mol. The van der Waals surface area contributed by atoms with Crippen LogP contribution in [0.25, 0.3) is 0 Å². The SMILES string of the molecule is COc1ccc(OCCNC(=O)CN(c2ccc(F)cc2)S(=O)(=O)c2ccc(OC)cc2)cc1. The first-order valence-electron chi connectivity index (χ1n) is 10.3. The van der Waals surface area contributed by atoms with Crippen molar-refractivity contribution in [3.8, 4) is 17.2 Å². The summed E-state index contributed by atoms with van der Waals surface area (Å²) in [7, 11) is -1.08. The molecule has 34 heavy (non-hydrogen) atoms. The van der Waals surface area contributed by atoms with Crippen molar-refractivity contribution in [1.29, 1.82) is 0 Å². The second-order valence-electron chi connectivity index (χ2n) is 7.04. The minimum atomic E-state index is -4.12. The lowest BCUT2D eigenvalue weighted by atomic mass is 10.3. The highest BCUT2D eigenvalue weighted by molar-refractivity contribution is 7.92. The molecule has 0 spiro atoms. The van der Waals surface area contributed by atoms with Crippen molar-refractivity contribution in [2.45, 2.75) is 4.90 Å². The van der Waals surface area contributed by atoms with Crippen molar-refractivity contribution < 1.29 is 31.8 Å². The maximum absolute atomic E-state index is 13.4. The van der Waals surface area contributed by atoms with E-state index in [4.69, 9.17) is 14.2 Å². The summed E-state index contributed by atoms with van der Waals surface area (Å²) in [6.45, 7) is -0.160. The molecule has 0 saturated heterocycles. The molecule has 0 aliphatic carbocycles. The number of carbonyl (C=O) groups is 1. The van der Waals surface area contributed by atoms with E-state index in [1.807, 2.05) is 0 Å². The van der Waals surface area contributed by atoms with Gasteiger partial charge in [-0.1, -0.05) is 0 Å². The van der Waals surface area contributed by atoms with Crippen molar-refractivity contribution in [2.75, 3.05) is 38.2 Å². The third kappa shape index (κ3) is 6.38. The molecule has 0 aromatic heterocycles. The summed E-state index contributed by atoms with van der Waals surface area (Å²) in [4.78, 5) is 12.5. The number of ether oxygens (including phenoxy) is 3. The number of anilines is 1. The number of nitrogens with one attached hydrogen (secondary N) is 1. The molecule has 3 rings (SSSR count). The van der Waals surface area contributed by atoms with Gasteiger partial charge in [-0.2, -0.15) is 0 Å². The van der Waals surface area contributed by atoms with Gasteiger partial charge in [0.05, 0.1) is 31.3 Å². The quantitative estimate of drug-likeness (QED) is 0.417. The summed E-state index contributed by atoms with van der Waals surface area (Å²) < 4.78 is 56.7. The molecule has 0 aliphatic heterocycles.